The first kappa shape index (κ1) is 11.1. The molecule has 3 rings (SSSR count). The van der Waals surface area contributed by atoms with E-state index in [9.17, 15) is 0 Å². The van der Waals surface area contributed by atoms with Gasteiger partial charge in [-0.25, -0.2) is 4.98 Å². The van der Waals surface area contributed by atoms with Crippen molar-refractivity contribution in [1.82, 2.24) is 20.2 Å². The maximum absolute atomic E-state index is 5.02. The number of H-pyrrole nitrogens is 2. The van der Waals surface area contributed by atoms with E-state index in [-0.39, 0.29) is 0 Å². The van der Waals surface area contributed by atoms with E-state index in [0.717, 1.165) is 15.9 Å². The molecule has 3 heterocycles. The van der Waals surface area contributed by atoms with Crippen molar-refractivity contribution in [2.45, 2.75) is 0 Å². The van der Waals surface area contributed by atoms with Crippen LogP contribution in [0.4, 0.5) is 5.82 Å². The predicted molar refractivity (Wildman–Crippen MR) is 74.6 cm³/mol. The third-order valence-electron chi connectivity index (χ3n) is 2.25. The minimum absolute atomic E-state index is 0.376. The van der Waals surface area contributed by atoms with Gasteiger partial charge in [-0.3, -0.25) is 10.5 Å². The van der Waals surface area contributed by atoms with Gasteiger partial charge < -0.3 is 4.98 Å². The maximum atomic E-state index is 5.02. The summed E-state index contributed by atoms with van der Waals surface area (Å²) in [4.78, 5) is 8.14. The molecule has 18 heavy (non-hydrogen) atoms. The van der Waals surface area contributed by atoms with Gasteiger partial charge in [-0.2, -0.15) is 10.2 Å². The van der Waals surface area contributed by atoms with Gasteiger partial charge in [0.15, 0.2) is 10.6 Å². The molecule has 0 fully saturated rings. The first-order valence-corrected chi connectivity index (χ1v) is 6.38. The molecule has 0 spiro atoms. The molecule has 3 aromatic rings. The summed E-state index contributed by atoms with van der Waals surface area (Å²) in [6.07, 6.45) is 3.40. The van der Waals surface area contributed by atoms with Crippen LogP contribution in [-0.4, -0.2) is 26.4 Å². The third kappa shape index (κ3) is 2.15. The number of aromatic amines is 2. The van der Waals surface area contributed by atoms with Crippen LogP contribution in [0.2, 0.25) is 0 Å². The van der Waals surface area contributed by atoms with Crippen molar-refractivity contribution in [2.75, 3.05) is 5.43 Å². The molecule has 3 aromatic heterocycles. The van der Waals surface area contributed by atoms with Crippen molar-refractivity contribution < 1.29 is 0 Å². The van der Waals surface area contributed by atoms with E-state index in [0.29, 0.717) is 10.6 Å². The van der Waals surface area contributed by atoms with Crippen LogP contribution in [0.25, 0.3) is 11.0 Å². The number of nitrogens with one attached hydrogen (secondary N) is 3. The molecule has 0 aliphatic carbocycles. The second-order valence-corrected chi connectivity index (χ2v) is 4.80. The van der Waals surface area contributed by atoms with E-state index >= 15 is 0 Å². The molecule has 0 unspecified atom stereocenters. The highest BCUT2D eigenvalue weighted by molar-refractivity contribution is 7.71. The topological polar surface area (TPSA) is 81.8 Å². The first-order valence-electron chi connectivity index (χ1n) is 5.09. The van der Waals surface area contributed by atoms with Crippen molar-refractivity contribution in [2.24, 2.45) is 5.10 Å². The number of thiophene rings is 1. The summed E-state index contributed by atoms with van der Waals surface area (Å²) in [5, 5.41) is 13.7. The van der Waals surface area contributed by atoms with E-state index in [4.69, 9.17) is 12.2 Å². The number of aromatic nitrogens is 4. The zero-order valence-electron chi connectivity index (χ0n) is 9.04. The van der Waals surface area contributed by atoms with E-state index in [1.54, 1.807) is 23.7 Å². The summed E-state index contributed by atoms with van der Waals surface area (Å²) >= 11 is 6.63. The SMILES string of the molecule is S=c1nc(N/N=C/c2cccs2)c2cn[nH]c2[nH]1. The lowest BCUT2D eigenvalue weighted by molar-refractivity contribution is 1.08. The number of hydrogen-bond acceptors (Lipinski definition) is 6. The average molecular weight is 276 g/mol. The van der Waals surface area contributed by atoms with Gasteiger partial charge in [-0.15, -0.1) is 11.3 Å². The van der Waals surface area contributed by atoms with Gasteiger partial charge in [-0.05, 0) is 23.7 Å². The second kappa shape index (κ2) is 4.67. The number of fused-ring (bicyclic) bond motifs is 1. The number of hydrogen-bond donors (Lipinski definition) is 3. The summed E-state index contributed by atoms with van der Waals surface area (Å²) in [5.74, 6) is 0.579. The Morgan fingerprint density at radius 2 is 2.44 bits per heavy atom. The third-order valence-corrected chi connectivity index (χ3v) is 3.25. The maximum Gasteiger partial charge on any atom is 0.200 e. The fraction of sp³-hybridized carbons (Fsp3) is 0. The van der Waals surface area contributed by atoms with Crippen LogP contribution < -0.4 is 5.43 Å². The minimum Gasteiger partial charge on any atom is -0.315 e. The minimum atomic E-state index is 0.376. The largest absolute Gasteiger partial charge is 0.315 e. The van der Waals surface area contributed by atoms with E-state index < -0.39 is 0 Å². The smallest absolute Gasteiger partial charge is 0.200 e. The molecule has 0 aliphatic rings. The fourth-order valence-electron chi connectivity index (χ4n) is 1.46. The van der Waals surface area contributed by atoms with Gasteiger partial charge in [0.05, 0.1) is 17.8 Å². The molecule has 90 valence electrons. The van der Waals surface area contributed by atoms with E-state index in [1.165, 1.54) is 0 Å². The van der Waals surface area contributed by atoms with Crippen LogP contribution in [0.15, 0.2) is 28.8 Å². The van der Waals surface area contributed by atoms with E-state index in [2.05, 4.69) is 30.7 Å². The average Bonchev–Trinajstić information content (AvgIpc) is 2.98. The Hall–Kier alpha value is -2.06. The second-order valence-electron chi connectivity index (χ2n) is 3.43. The summed E-state index contributed by atoms with van der Waals surface area (Å²) in [7, 11) is 0. The van der Waals surface area contributed by atoms with Gasteiger partial charge in [0, 0.05) is 4.88 Å². The molecule has 6 nitrogen and oxygen atoms in total. The van der Waals surface area contributed by atoms with Crippen molar-refractivity contribution in [3.63, 3.8) is 0 Å². The Morgan fingerprint density at radius 3 is 3.28 bits per heavy atom. The summed E-state index contributed by atoms with van der Waals surface area (Å²) in [6.45, 7) is 0. The lowest BCUT2D eigenvalue weighted by Crippen LogP contribution is -1.95. The van der Waals surface area contributed by atoms with Crippen molar-refractivity contribution in [3.8, 4) is 0 Å². The van der Waals surface area contributed by atoms with Crippen LogP contribution in [0.3, 0.4) is 0 Å². The van der Waals surface area contributed by atoms with Crippen LogP contribution in [0.1, 0.15) is 4.88 Å². The lowest BCUT2D eigenvalue weighted by atomic mass is 10.4. The van der Waals surface area contributed by atoms with Crippen molar-refractivity contribution in [3.05, 3.63) is 33.4 Å². The number of rotatable bonds is 3. The highest BCUT2D eigenvalue weighted by Gasteiger charge is 2.03. The Bertz CT molecular complexity index is 739. The number of nitrogens with zero attached hydrogens (tertiary/aromatic N) is 3. The highest BCUT2D eigenvalue weighted by Crippen LogP contribution is 2.16. The molecule has 8 heteroatoms. The zero-order valence-corrected chi connectivity index (χ0v) is 10.7. The molecule has 3 N–H and O–H groups in total. The molecule has 0 saturated carbocycles. The van der Waals surface area contributed by atoms with Crippen LogP contribution in [0.5, 0.6) is 0 Å². The van der Waals surface area contributed by atoms with Crippen LogP contribution >= 0.6 is 23.6 Å². The van der Waals surface area contributed by atoms with Gasteiger partial charge >= 0.3 is 0 Å². The van der Waals surface area contributed by atoms with Crippen molar-refractivity contribution >= 4 is 46.6 Å². The number of hydrazone groups is 1. The first-order chi connectivity index (χ1) is 8.83. The van der Waals surface area contributed by atoms with Crippen molar-refractivity contribution in [1.29, 1.82) is 0 Å². The van der Waals surface area contributed by atoms with Crippen LogP contribution in [-0.2, 0) is 0 Å². The Morgan fingerprint density at radius 1 is 1.50 bits per heavy atom. The van der Waals surface area contributed by atoms with Gasteiger partial charge in [0.25, 0.3) is 0 Å². The highest BCUT2D eigenvalue weighted by atomic mass is 32.1. The molecular formula is C10H8N6S2. The molecule has 0 radical (unpaired) electrons. The fourth-order valence-corrected chi connectivity index (χ4v) is 2.24. The lowest BCUT2D eigenvalue weighted by Gasteiger charge is -1.99. The summed E-state index contributed by atoms with van der Waals surface area (Å²) in [5.41, 5.74) is 3.60. The Kier molecular flexibility index (Phi) is 2.87. The normalized spacial score (nSPS) is 11.3. The van der Waals surface area contributed by atoms with Gasteiger partial charge in [0.2, 0.25) is 0 Å². The van der Waals surface area contributed by atoms with E-state index in [1.807, 2.05) is 17.5 Å². The predicted octanol–water partition coefficient (Wildman–Crippen LogP) is 2.52. The molecule has 0 atom stereocenters. The zero-order chi connectivity index (χ0) is 12.4. The monoisotopic (exact) mass is 276 g/mol. The quantitative estimate of drug-likeness (QED) is 0.390. The molecule has 0 bridgehead atoms. The molecule has 0 amide bonds. The van der Waals surface area contributed by atoms with Gasteiger partial charge in [-0.1, -0.05) is 6.07 Å². The molecule has 0 aliphatic heterocycles. The Balaban J connectivity index is 1.90. The molecule has 0 aromatic carbocycles. The summed E-state index contributed by atoms with van der Waals surface area (Å²) in [6, 6.07) is 3.95. The van der Waals surface area contributed by atoms with Gasteiger partial charge in [0.1, 0.15) is 5.65 Å². The van der Waals surface area contributed by atoms with Crippen LogP contribution in [0, 0.1) is 4.77 Å². The Labute approximate surface area is 111 Å². The summed E-state index contributed by atoms with van der Waals surface area (Å²) < 4.78 is 0.376. The number of anilines is 1. The standard InChI is InChI=1S/C10H8N6S2/c17-10-13-8(7-5-12-16-9(7)14-10)15-11-4-6-2-1-3-18-6/h1-5H,(H3,12,13,14,15,16,17)/b11-4+. The molecular weight excluding hydrogens is 268 g/mol. The molecule has 0 saturated heterocycles.